The fraction of sp³-hybridized carbons (Fsp3) is 0.158. The molecule has 0 unspecified atom stereocenters. The maximum Gasteiger partial charge on any atom is 0.280 e. The minimum Gasteiger partial charge on any atom is -0.504 e. The maximum absolute atomic E-state index is 12.8. The van der Waals surface area contributed by atoms with Crippen molar-refractivity contribution < 1.29 is 14.6 Å². The number of carbonyl (C=O) groups is 1. The molecule has 0 bridgehead atoms. The Morgan fingerprint density at radius 3 is 2.64 bits per heavy atom. The van der Waals surface area contributed by atoms with Crippen LogP contribution in [0.5, 0.6) is 11.5 Å². The second-order valence-corrected chi connectivity index (χ2v) is 6.13. The zero-order chi connectivity index (χ0) is 18.1. The highest BCUT2D eigenvalue weighted by molar-refractivity contribution is 6.33. The van der Waals surface area contributed by atoms with Gasteiger partial charge in [0.05, 0.1) is 24.1 Å². The van der Waals surface area contributed by atoms with E-state index in [2.05, 4.69) is 5.10 Å². The van der Waals surface area contributed by atoms with E-state index in [1.54, 1.807) is 31.2 Å². The van der Waals surface area contributed by atoms with Crippen molar-refractivity contribution in [1.29, 1.82) is 0 Å². The minimum atomic E-state index is -0.232. The first-order valence-electron chi connectivity index (χ1n) is 7.65. The average Bonchev–Trinajstić information content (AvgIpc) is 2.87. The summed E-state index contributed by atoms with van der Waals surface area (Å²) in [5.74, 6) is 0.157. The van der Waals surface area contributed by atoms with Gasteiger partial charge in [0.25, 0.3) is 5.91 Å². The highest BCUT2D eigenvalue weighted by Crippen LogP contribution is 2.30. The van der Waals surface area contributed by atoms with E-state index in [9.17, 15) is 9.90 Å². The first-order chi connectivity index (χ1) is 11.9. The summed E-state index contributed by atoms with van der Waals surface area (Å²) in [5.41, 5.74) is 3.37. The smallest absolute Gasteiger partial charge is 0.280 e. The Bertz CT molecular complexity index is 919. The van der Waals surface area contributed by atoms with Gasteiger partial charge in [-0.3, -0.25) is 4.79 Å². The topological polar surface area (TPSA) is 62.1 Å². The number of nitrogens with zero attached hydrogens (tertiary/aromatic N) is 2. The lowest BCUT2D eigenvalue weighted by molar-refractivity contribution is -0.114. The van der Waals surface area contributed by atoms with Crippen LogP contribution in [-0.4, -0.2) is 23.8 Å². The molecule has 5 nitrogen and oxygen atoms in total. The van der Waals surface area contributed by atoms with E-state index < -0.39 is 0 Å². The maximum atomic E-state index is 12.8. The number of benzene rings is 2. The van der Waals surface area contributed by atoms with Crippen molar-refractivity contribution in [2.75, 3.05) is 12.1 Å². The third kappa shape index (κ3) is 3.23. The monoisotopic (exact) mass is 356 g/mol. The fourth-order valence-electron chi connectivity index (χ4n) is 2.52. The number of hydrazone groups is 1. The summed E-state index contributed by atoms with van der Waals surface area (Å²) in [5, 5.41) is 15.9. The molecule has 25 heavy (non-hydrogen) atoms. The number of rotatable bonds is 3. The third-order valence-electron chi connectivity index (χ3n) is 3.98. The van der Waals surface area contributed by atoms with E-state index in [0.29, 0.717) is 27.7 Å². The number of halogens is 1. The van der Waals surface area contributed by atoms with Gasteiger partial charge in [0.2, 0.25) is 0 Å². The molecule has 2 aromatic carbocycles. The highest BCUT2D eigenvalue weighted by atomic mass is 35.5. The van der Waals surface area contributed by atoms with Crippen LogP contribution in [-0.2, 0) is 4.79 Å². The van der Waals surface area contributed by atoms with Gasteiger partial charge in [-0.1, -0.05) is 23.7 Å². The molecule has 0 atom stereocenters. The second-order valence-electron chi connectivity index (χ2n) is 5.73. The number of amides is 1. The zero-order valence-electron chi connectivity index (χ0n) is 14.1. The molecule has 0 spiro atoms. The zero-order valence-corrected chi connectivity index (χ0v) is 14.8. The quantitative estimate of drug-likeness (QED) is 0.839. The van der Waals surface area contributed by atoms with E-state index in [0.717, 1.165) is 11.1 Å². The second kappa shape index (κ2) is 6.61. The van der Waals surface area contributed by atoms with Crippen molar-refractivity contribution in [2.45, 2.75) is 13.8 Å². The van der Waals surface area contributed by atoms with Gasteiger partial charge in [-0.15, -0.1) is 0 Å². The summed E-state index contributed by atoms with van der Waals surface area (Å²) < 4.78 is 5.10. The predicted molar refractivity (Wildman–Crippen MR) is 99.4 cm³/mol. The molecule has 0 fully saturated rings. The van der Waals surface area contributed by atoms with Crippen molar-refractivity contribution in [1.82, 2.24) is 0 Å². The van der Waals surface area contributed by atoms with Crippen LogP contribution in [0.4, 0.5) is 5.69 Å². The van der Waals surface area contributed by atoms with Gasteiger partial charge < -0.3 is 9.84 Å². The first-order valence-corrected chi connectivity index (χ1v) is 8.03. The fourth-order valence-corrected chi connectivity index (χ4v) is 2.70. The van der Waals surface area contributed by atoms with Gasteiger partial charge in [0, 0.05) is 5.02 Å². The van der Waals surface area contributed by atoms with Crippen LogP contribution in [0.2, 0.25) is 5.02 Å². The van der Waals surface area contributed by atoms with Gasteiger partial charge in [0.15, 0.2) is 11.5 Å². The highest BCUT2D eigenvalue weighted by Gasteiger charge is 2.29. The van der Waals surface area contributed by atoms with Crippen LogP contribution < -0.4 is 9.75 Å². The molecular weight excluding hydrogens is 340 g/mol. The number of aromatic hydroxyl groups is 1. The van der Waals surface area contributed by atoms with Crippen LogP contribution in [0.15, 0.2) is 47.1 Å². The molecule has 0 aliphatic carbocycles. The van der Waals surface area contributed by atoms with E-state index in [4.69, 9.17) is 16.3 Å². The van der Waals surface area contributed by atoms with Gasteiger partial charge in [0.1, 0.15) is 0 Å². The Morgan fingerprint density at radius 2 is 1.96 bits per heavy atom. The molecule has 1 amide bonds. The molecule has 0 saturated heterocycles. The molecule has 128 valence electrons. The molecule has 1 heterocycles. The number of phenols is 1. The molecule has 0 radical (unpaired) electrons. The van der Waals surface area contributed by atoms with Crippen LogP contribution in [0.1, 0.15) is 18.1 Å². The summed E-state index contributed by atoms with van der Waals surface area (Å²) in [4.78, 5) is 12.8. The Kier molecular flexibility index (Phi) is 4.51. The number of methoxy groups -OCH3 is 1. The predicted octanol–water partition coefficient (Wildman–Crippen LogP) is 4.17. The van der Waals surface area contributed by atoms with Crippen LogP contribution in [0.3, 0.4) is 0 Å². The van der Waals surface area contributed by atoms with Crippen molar-refractivity contribution in [2.24, 2.45) is 5.10 Å². The summed E-state index contributed by atoms with van der Waals surface area (Å²) in [6.07, 6.45) is 1.72. The Balaban J connectivity index is 1.96. The van der Waals surface area contributed by atoms with E-state index in [1.807, 2.05) is 19.1 Å². The van der Waals surface area contributed by atoms with E-state index >= 15 is 0 Å². The normalized spacial score (nSPS) is 15.7. The molecule has 1 aliphatic rings. The van der Waals surface area contributed by atoms with Crippen LogP contribution in [0, 0.1) is 6.92 Å². The number of aryl methyl sites for hydroxylation is 1. The minimum absolute atomic E-state index is 0.0451. The Labute approximate surface area is 150 Å². The molecule has 0 saturated carbocycles. The SMILES string of the molecule is COc1cc(/C=C2/C(=O)N(c3ccc(C)c(Cl)c3)N=C2C)ccc1O. The van der Waals surface area contributed by atoms with Crippen LogP contribution >= 0.6 is 11.6 Å². The number of carbonyl (C=O) groups excluding carboxylic acids is 1. The summed E-state index contributed by atoms with van der Waals surface area (Å²) in [6.45, 7) is 3.67. The van der Waals surface area contributed by atoms with Gasteiger partial charge in [-0.25, -0.2) is 0 Å². The largest absolute Gasteiger partial charge is 0.504 e. The van der Waals surface area contributed by atoms with Gasteiger partial charge >= 0.3 is 0 Å². The number of anilines is 1. The van der Waals surface area contributed by atoms with Gasteiger partial charge in [-0.05, 0) is 55.3 Å². The summed E-state index contributed by atoms with van der Waals surface area (Å²) in [6, 6.07) is 10.3. The van der Waals surface area contributed by atoms with Crippen molar-refractivity contribution in [3.8, 4) is 11.5 Å². The van der Waals surface area contributed by atoms with Gasteiger partial charge in [-0.2, -0.15) is 10.1 Å². The lowest BCUT2D eigenvalue weighted by Crippen LogP contribution is -2.21. The lowest BCUT2D eigenvalue weighted by Gasteiger charge is -2.12. The number of ether oxygens (including phenoxy) is 1. The molecule has 3 rings (SSSR count). The lowest BCUT2D eigenvalue weighted by atomic mass is 10.1. The van der Waals surface area contributed by atoms with Crippen molar-refractivity contribution in [3.05, 3.63) is 58.1 Å². The molecule has 1 aliphatic heterocycles. The molecule has 2 aromatic rings. The molecule has 1 N–H and O–H groups in total. The van der Waals surface area contributed by atoms with Crippen molar-refractivity contribution >= 4 is 35.0 Å². The Morgan fingerprint density at radius 1 is 1.20 bits per heavy atom. The van der Waals surface area contributed by atoms with Crippen molar-refractivity contribution in [3.63, 3.8) is 0 Å². The Hall–Kier alpha value is -2.79. The van der Waals surface area contributed by atoms with Crippen LogP contribution in [0.25, 0.3) is 6.08 Å². The summed E-state index contributed by atoms with van der Waals surface area (Å²) in [7, 11) is 1.47. The number of hydrogen-bond donors (Lipinski definition) is 1. The number of phenolic OH excluding ortho intramolecular Hbond substituents is 1. The molecule has 6 heteroatoms. The molecule has 0 aromatic heterocycles. The summed E-state index contributed by atoms with van der Waals surface area (Å²) >= 11 is 6.15. The average molecular weight is 357 g/mol. The number of hydrogen-bond acceptors (Lipinski definition) is 4. The third-order valence-corrected chi connectivity index (χ3v) is 4.38. The molecular formula is C19H17ClN2O3. The van der Waals surface area contributed by atoms with E-state index in [-0.39, 0.29) is 11.7 Å². The standard InChI is InChI=1S/C19H17ClN2O3/c1-11-4-6-14(10-16(11)20)22-19(24)15(12(2)21-22)8-13-5-7-17(23)18(9-13)25-3/h4-10,23H,1-3H3/b15-8+. The van der Waals surface area contributed by atoms with E-state index in [1.165, 1.54) is 18.2 Å². The first kappa shape index (κ1) is 17.0.